The molecule has 0 bridgehead atoms. The summed E-state index contributed by atoms with van der Waals surface area (Å²) < 4.78 is 11.2. The lowest BCUT2D eigenvalue weighted by molar-refractivity contribution is 0.102. The highest BCUT2D eigenvalue weighted by atomic mass is 16.5. The van der Waals surface area contributed by atoms with Crippen LogP contribution in [-0.4, -0.2) is 23.0 Å². The molecule has 2 aromatic carbocycles. The number of hydrogen-bond acceptors (Lipinski definition) is 5. The van der Waals surface area contributed by atoms with Gasteiger partial charge < -0.3 is 14.5 Å². The summed E-state index contributed by atoms with van der Waals surface area (Å²) >= 11 is 0. The largest absolute Gasteiger partial charge is 0.495 e. The molecule has 0 aliphatic heterocycles. The first kappa shape index (κ1) is 17.7. The zero-order chi connectivity index (χ0) is 19.7. The minimum Gasteiger partial charge on any atom is -0.495 e. The van der Waals surface area contributed by atoms with Crippen molar-refractivity contribution in [2.24, 2.45) is 0 Å². The van der Waals surface area contributed by atoms with Crippen LogP contribution in [0.3, 0.4) is 0 Å². The maximum atomic E-state index is 12.7. The van der Waals surface area contributed by atoms with Gasteiger partial charge in [0, 0.05) is 17.3 Å². The van der Waals surface area contributed by atoms with E-state index in [1.807, 2.05) is 38.1 Å². The lowest BCUT2D eigenvalue weighted by Crippen LogP contribution is -2.13. The summed E-state index contributed by atoms with van der Waals surface area (Å²) in [6, 6.07) is 14.6. The summed E-state index contributed by atoms with van der Waals surface area (Å²) in [4.78, 5) is 21.3. The lowest BCUT2D eigenvalue weighted by atomic mass is 10.1. The fourth-order valence-electron chi connectivity index (χ4n) is 2.91. The Morgan fingerprint density at radius 1 is 1.07 bits per heavy atom. The molecular formula is C22H19N3O3. The molecule has 0 saturated heterocycles. The normalized spacial score (nSPS) is 10.8. The summed E-state index contributed by atoms with van der Waals surface area (Å²) in [5.74, 6) is 0.769. The molecule has 0 saturated carbocycles. The Hall–Kier alpha value is -3.67. The van der Waals surface area contributed by atoms with Gasteiger partial charge in [-0.3, -0.25) is 4.79 Å². The first-order chi connectivity index (χ1) is 13.5. The molecule has 4 aromatic rings. The predicted octanol–water partition coefficient (Wildman–Crippen LogP) is 4.77. The molecule has 2 heterocycles. The monoisotopic (exact) mass is 373 g/mol. The van der Waals surface area contributed by atoms with E-state index in [2.05, 4.69) is 15.3 Å². The molecule has 1 amide bonds. The number of oxazole rings is 1. The molecule has 0 aliphatic rings. The number of hydrogen-bond donors (Lipinski definition) is 1. The fourth-order valence-corrected chi connectivity index (χ4v) is 2.91. The Morgan fingerprint density at radius 2 is 1.93 bits per heavy atom. The third-order valence-electron chi connectivity index (χ3n) is 4.63. The molecule has 4 rings (SSSR count). The second kappa shape index (κ2) is 7.15. The molecule has 0 radical (unpaired) electrons. The van der Waals surface area contributed by atoms with Crippen LogP contribution < -0.4 is 10.1 Å². The summed E-state index contributed by atoms with van der Waals surface area (Å²) in [5.41, 5.74) is 5.19. The Morgan fingerprint density at radius 3 is 2.68 bits per heavy atom. The molecule has 140 valence electrons. The number of aryl methyl sites for hydroxylation is 2. The predicted molar refractivity (Wildman–Crippen MR) is 108 cm³/mol. The van der Waals surface area contributed by atoms with Crippen LogP contribution in [0.25, 0.3) is 22.7 Å². The van der Waals surface area contributed by atoms with E-state index in [9.17, 15) is 4.79 Å². The lowest BCUT2D eigenvalue weighted by Gasteiger charge is -2.12. The van der Waals surface area contributed by atoms with Gasteiger partial charge in [0.25, 0.3) is 5.91 Å². The van der Waals surface area contributed by atoms with Crippen molar-refractivity contribution in [2.45, 2.75) is 13.8 Å². The molecule has 0 aliphatic carbocycles. The number of methoxy groups -OCH3 is 1. The molecular weight excluding hydrogens is 354 g/mol. The van der Waals surface area contributed by atoms with Crippen molar-refractivity contribution in [1.29, 1.82) is 0 Å². The van der Waals surface area contributed by atoms with Crippen molar-refractivity contribution in [1.82, 2.24) is 9.97 Å². The zero-order valence-electron chi connectivity index (χ0n) is 15.8. The fraction of sp³-hybridized carbons (Fsp3) is 0.136. The molecule has 2 aromatic heterocycles. The SMILES string of the molecule is COc1ccc(-c2nc3ncccc3o2)cc1NC(=O)c1ccc(C)c(C)c1. The van der Waals surface area contributed by atoms with Crippen molar-refractivity contribution in [3.63, 3.8) is 0 Å². The van der Waals surface area contributed by atoms with Gasteiger partial charge in [-0.15, -0.1) is 0 Å². The van der Waals surface area contributed by atoms with E-state index in [0.717, 1.165) is 11.1 Å². The quantitative estimate of drug-likeness (QED) is 0.558. The van der Waals surface area contributed by atoms with Gasteiger partial charge in [0.15, 0.2) is 11.2 Å². The average Bonchev–Trinajstić information content (AvgIpc) is 3.14. The molecule has 6 heteroatoms. The van der Waals surface area contributed by atoms with E-state index in [4.69, 9.17) is 9.15 Å². The van der Waals surface area contributed by atoms with Crippen molar-refractivity contribution in [3.8, 4) is 17.2 Å². The highest BCUT2D eigenvalue weighted by molar-refractivity contribution is 6.05. The summed E-state index contributed by atoms with van der Waals surface area (Å²) in [6.07, 6.45) is 1.66. The number of pyridine rings is 1. The number of aromatic nitrogens is 2. The van der Waals surface area contributed by atoms with Crippen molar-refractivity contribution >= 4 is 22.8 Å². The van der Waals surface area contributed by atoms with Crippen LogP contribution in [0, 0.1) is 13.8 Å². The van der Waals surface area contributed by atoms with Gasteiger partial charge in [0.2, 0.25) is 5.89 Å². The van der Waals surface area contributed by atoms with Crippen LogP contribution >= 0.6 is 0 Å². The zero-order valence-corrected chi connectivity index (χ0v) is 15.8. The van der Waals surface area contributed by atoms with Gasteiger partial charge in [-0.2, -0.15) is 4.98 Å². The topological polar surface area (TPSA) is 77.2 Å². The molecule has 0 atom stereocenters. The first-order valence-electron chi connectivity index (χ1n) is 8.84. The summed E-state index contributed by atoms with van der Waals surface area (Å²) in [7, 11) is 1.56. The first-order valence-corrected chi connectivity index (χ1v) is 8.84. The van der Waals surface area contributed by atoms with Gasteiger partial charge in [0.05, 0.1) is 12.8 Å². The maximum Gasteiger partial charge on any atom is 0.255 e. The number of fused-ring (bicyclic) bond motifs is 1. The summed E-state index contributed by atoms with van der Waals surface area (Å²) in [6.45, 7) is 3.99. The minimum absolute atomic E-state index is 0.210. The highest BCUT2D eigenvalue weighted by Gasteiger charge is 2.15. The van der Waals surface area contributed by atoms with Crippen molar-refractivity contribution in [3.05, 3.63) is 71.4 Å². The summed E-state index contributed by atoms with van der Waals surface area (Å²) in [5, 5.41) is 2.92. The van der Waals surface area contributed by atoms with E-state index < -0.39 is 0 Å². The second-order valence-corrected chi connectivity index (χ2v) is 6.51. The molecule has 0 spiro atoms. The number of anilines is 1. The molecule has 0 unspecified atom stereocenters. The minimum atomic E-state index is -0.210. The number of amides is 1. The average molecular weight is 373 g/mol. The van der Waals surface area contributed by atoms with E-state index >= 15 is 0 Å². The number of carbonyl (C=O) groups excluding carboxylic acids is 1. The highest BCUT2D eigenvalue weighted by Crippen LogP contribution is 2.32. The number of carbonyl (C=O) groups is 1. The van der Waals surface area contributed by atoms with Crippen molar-refractivity contribution < 1.29 is 13.9 Å². The number of rotatable bonds is 4. The van der Waals surface area contributed by atoms with Crippen LogP contribution in [0.2, 0.25) is 0 Å². The van der Waals surface area contributed by atoms with Gasteiger partial charge in [-0.1, -0.05) is 6.07 Å². The Balaban J connectivity index is 1.68. The van der Waals surface area contributed by atoms with Crippen LogP contribution in [0.5, 0.6) is 5.75 Å². The second-order valence-electron chi connectivity index (χ2n) is 6.51. The van der Waals surface area contributed by atoms with Gasteiger partial charge in [0.1, 0.15) is 5.75 Å². The standard InChI is InChI=1S/C22H19N3O3/c1-13-6-7-15(11-14(13)2)21(26)24-17-12-16(8-9-18(17)27-3)22-25-20-19(28-22)5-4-10-23-20/h4-12H,1-3H3,(H,24,26). The Kier molecular flexibility index (Phi) is 4.53. The number of ether oxygens (including phenoxy) is 1. The van der Waals surface area contributed by atoms with Crippen LogP contribution in [0.1, 0.15) is 21.5 Å². The molecule has 1 N–H and O–H groups in total. The van der Waals surface area contributed by atoms with E-state index in [0.29, 0.717) is 39.7 Å². The Bertz CT molecular complexity index is 1150. The third kappa shape index (κ3) is 3.32. The maximum absolute atomic E-state index is 12.7. The molecule has 28 heavy (non-hydrogen) atoms. The van der Waals surface area contributed by atoms with Crippen LogP contribution in [0.15, 0.2) is 59.1 Å². The van der Waals surface area contributed by atoms with E-state index in [1.54, 1.807) is 37.6 Å². The number of nitrogens with one attached hydrogen (secondary N) is 1. The van der Waals surface area contributed by atoms with Gasteiger partial charge in [-0.05, 0) is 67.4 Å². The third-order valence-corrected chi connectivity index (χ3v) is 4.63. The van der Waals surface area contributed by atoms with E-state index in [1.165, 1.54) is 0 Å². The number of nitrogens with zero attached hydrogens (tertiary/aromatic N) is 2. The Labute approximate surface area is 162 Å². The smallest absolute Gasteiger partial charge is 0.255 e. The van der Waals surface area contributed by atoms with Crippen LogP contribution in [0.4, 0.5) is 5.69 Å². The van der Waals surface area contributed by atoms with Gasteiger partial charge in [-0.25, -0.2) is 4.98 Å². The van der Waals surface area contributed by atoms with Gasteiger partial charge >= 0.3 is 0 Å². The molecule has 6 nitrogen and oxygen atoms in total. The van der Waals surface area contributed by atoms with Crippen molar-refractivity contribution in [2.75, 3.05) is 12.4 Å². The van der Waals surface area contributed by atoms with E-state index in [-0.39, 0.29) is 5.91 Å². The molecule has 0 fully saturated rings. The van der Waals surface area contributed by atoms with Crippen LogP contribution in [-0.2, 0) is 0 Å². The number of benzene rings is 2.